The number of likely N-dealkylation sites (N-methyl/N-ethyl adjacent to an activating group) is 1. The first-order chi connectivity index (χ1) is 7.63. The van der Waals surface area contributed by atoms with Crippen LogP contribution in [-0.2, 0) is 19.6 Å². The number of nitrogens with zero attached hydrogens (tertiary/aromatic N) is 1. The lowest BCUT2D eigenvalue weighted by Gasteiger charge is -2.23. The quantitative estimate of drug-likeness (QED) is 0.405. The molecule has 1 atom stereocenters. The highest BCUT2D eigenvalue weighted by Gasteiger charge is 2.17. The van der Waals surface area contributed by atoms with Gasteiger partial charge in [0.15, 0.2) is 0 Å². The van der Waals surface area contributed by atoms with Crippen molar-refractivity contribution in [2.24, 2.45) is 0 Å². The van der Waals surface area contributed by atoms with Crippen molar-refractivity contribution in [2.75, 3.05) is 26.5 Å². The molecule has 1 unspecified atom stereocenters. The molecule has 100 valence electrons. The first-order valence-electron chi connectivity index (χ1n) is 5.07. The highest BCUT2D eigenvalue weighted by atomic mass is 32.2. The average Bonchev–Trinajstić information content (AvgIpc) is 2.14. The third kappa shape index (κ3) is 7.89. The summed E-state index contributed by atoms with van der Waals surface area (Å²) in [5, 5.41) is 0. The predicted octanol–water partition coefficient (Wildman–Crippen LogP) is 0.314. The molecule has 0 fully saturated rings. The molecular weight excluding hydrogens is 246 g/mol. The number of carbonyl (C=O) groups excluding carboxylic acids is 1. The lowest BCUT2D eigenvalue weighted by atomic mass is 10.2. The lowest BCUT2D eigenvalue weighted by molar-refractivity contribution is -0.140. The Balaban J connectivity index is 4.26. The predicted molar refractivity (Wildman–Crippen MR) is 64.3 cm³/mol. The van der Waals surface area contributed by atoms with E-state index in [4.69, 9.17) is 9.29 Å². The minimum Gasteiger partial charge on any atom is -0.461 e. The van der Waals surface area contributed by atoms with E-state index in [1.54, 1.807) is 19.0 Å². The summed E-state index contributed by atoms with van der Waals surface area (Å²) in [6.07, 6.45) is 0.190. The molecule has 0 rings (SSSR count). The Bertz CT molecular complexity index is 374. The highest BCUT2D eigenvalue weighted by Crippen LogP contribution is 2.04. The number of hydrogen-bond acceptors (Lipinski definition) is 5. The molecule has 7 heteroatoms. The van der Waals surface area contributed by atoms with E-state index < -0.39 is 16.1 Å². The zero-order valence-corrected chi connectivity index (χ0v) is 11.2. The molecule has 0 aromatic carbocycles. The van der Waals surface area contributed by atoms with E-state index in [2.05, 4.69) is 6.58 Å². The van der Waals surface area contributed by atoms with E-state index in [0.29, 0.717) is 0 Å². The van der Waals surface area contributed by atoms with Gasteiger partial charge in [-0.1, -0.05) is 6.58 Å². The summed E-state index contributed by atoms with van der Waals surface area (Å²) in [6, 6.07) is -0.264. The fraction of sp³-hybridized carbons (Fsp3) is 0.700. The van der Waals surface area contributed by atoms with Crippen LogP contribution in [0.15, 0.2) is 12.2 Å². The van der Waals surface area contributed by atoms with Gasteiger partial charge in [-0.2, -0.15) is 8.42 Å². The van der Waals surface area contributed by atoms with Gasteiger partial charge in [-0.3, -0.25) is 4.55 Å². The fourth-order valence-electron chi connectivity index (χ4n) is 1.07. The maximum absolute atomic E-state index is 11.2. The molecule has 0 heterocycles. The monoisotopic (exact) mass is 265 g/mol. The van der Waals surface area contributed by atoms with Crippen molar-refractivity contribution in [3.05, 3.63) is 12.2 Å². The minimum atomic E-state index is -3.99. The normalized spacial score (nSPS) is 13.5. The van der Waals surface area contributed by atoms with Crippen molar-refractivity contribution < 1.29 is 22.5 Å². The van der Waals surface area contributed by atoms with Crippen LogP contribution in [0.3, 0.4) is 0 Å². The van der Waals surface area contributed by atoms with E-state index in [0.717, 1.165) is 0 Å². The van der Waals surface area contributed by atoms with Crippen LogP contribution >= 0.6 is 0 Å². The fourth-order valence-corrected chi connectivity index (χ4v) is 1.64. The maximum atomic E-state index is 11.2. The van der Waals surface area contributed by atoms with Gasteiger partial charge in [0.05, 0.1) is 5.75 Å². The molecule has 0 aliphatic carbocycles. The summed E-state index contributed by atoms with van der Waals surface area (Å²) in [5.41, 5.74) is 0.289. The molecule has 0 aliphatic rings. The number of carbonyl (C=O) groups is 1. The Morgan fingerprint density at radius 3 is 2.35 bits per heavy atom. The van der Waals surface area contributed by atoms with Gasteiger partial charge in [0.25, 0.3) is 10.1 Å². The van der Waals surface area contributed by atoms with Crippen LogP contribution in [0.25, 0.3) is 0 Å². The van der Waals surface area contributed by atoms with Gasteiger partial charge in [0, 0.05) is 11.6 Å². The Morgan fingerprint density at radius 1 is 1.47 bits per heavy atom. The molecule has 0 aliphatic heterocycles. The van der Waals surface area contributed by atoms with E-state index in [1.165, 1.54) is 6.92 Å². The van der Waals surface area contributed by atoms with Gasteiger partial charge in [0.1, 0.15) is 6.61 Å². The number of hydrogen-bond donors (Lipinski definition) is 1. The molecule has 1 N–H and O–H groups in total. The second-order valence-electron chi connectivity index (χ2n) is 4.07. The van der Waals surface area contributed by atoms with Crippen molar-refractivity contribution >= 4 is 16.1 Å². The molecule has 0 aromatic rings. The Morgan fingerprint density at radius 2 is 2.00 bits per heavy atom. The molecule has 0 radical (unpaired) electrons. The summed E-state index contributed by atoms with van der Waals surface area (Å²) in [6.45, 7) is 5.04. The van der Waals surface area contributed by atoms with Crippen LogP contribution in [0.1, 0.15) is 13.3 Å². The largest absolute Gasteiger partial charge is 0.461 e. The Kier molecular flexibility index (Phi) is 6.36. The van der Waals surface area contributed by atoms with E-state index in [-0.39, 0.29) is 30.4 Å². The van der Waals surface area contributed by atoms with Crippen LogP contribution in [0.2, 0.25) is 0 Å². The topological polar surface area (TPSA) is 83.9 Å². The molecule has 6 nitrogen and oxygen atoms in total. The molecule has 17 heavy (non-hydrogen) atoms. The van der Waals surface area contributed by atoms with Gasteiger partial charge >= 0.3 is 5.97 Å². The SMILES string of the molecule is C=C(C)C(=O)OCC(CCS(=O)(=O)O)N(C)C. The molecule has 0 aromatic heterocycles. The molecule has 0 bridgehead atoms. The number of ether oxygens (including phenoxy) is 1. The molecule has 0 spiro atoms. The summed E-state index contributed by atoms with van der Waals surface area (Å²) in [4.78, 5) is 12.9. The number of rotatable bonds is 7. The van der Waals surface area contributed by atoms with Gasteiger partial charge in [0.2, 0.25) is 0 Å². The van der Waals surface area contributed by atoms with E-state index in [9.17, 15) is 13.2 Å². The smallest absolute Gasteiger partial charge is 0.333 e. The standard InChI is InChI=1S/C10H19NO5S/c1-8(2)10(12)16-7-9(11(3)4)5-6-17(13,14)15/h9H,1,5-7H2,2-4H3,(H,13,14,15). The van der Waals surface area contributed by atoms with Crippen LogP contribution in [0.4, 0.5) is 0 Å². The third-order valence-electron chi connectivity index (χ3n) is 2.19. The van der Waals surface area contributed by atoms with Gasteiger partial charge in [-0.05, 0) is 27.4 Å². The van der Waals surface area contributed by atoms with Crippen molar-refractivity contribution in [2.45, 2.75) is 19.4 Å². The third-order valence-corrected chi connectivity index (χ3v) is 2.95. The van der Waals surface area contributed by atoms with Gasteiger partial charge < -0.3 is 9.64 Å². The van der Waals surface area contributed by atoms with Crippen LogP contribution in [0, 0.1) is 0 Å². The lowest BCUT2D eigenvalue weighted by Crippen LogP contribution is -2.35. The van der Waals surface area contributed by atoms with Crippen molar-refractivity contribution in [3.8, 4) is 0 Å². The molecule has 0 saturated carbocycles. The first-order valence-corrected chi connectivity index (χ1v) is 6.68. The van der Waals surface area contributed by atoms with Crippen LogP contribution in [0.5, 0.6) is 0 Å². The van der Waals surface area contributed by atoms with Crippen LogP contribution < -0.4 is 0 Å². The maximum Gasteiger partial charge on any atom is 0.333 e. The van der Waals surface area contributed by atoms with E-state index in [1.807, 2.05) is 0 Å². The molecular formula is C10H19NO5S. The molecule has 0 saturated heterocycles. The van der Waals surface area contributed by atoms with Crippen molar-refractivity contribution in [1.82, 2.24) is 4.90 Å². The Labute approximate surface area is 102 Å². The van der Waals surface area contributed by atoms with Crippen LogP contribution in [-0.4, -0.2) is 56.3 Å². The summed E-state index contributed by atoms with van der Waals surface area (Å²) >= 11 is 0. The van der Waals surface area contributed by atoms with E-state index >= 15 is 0 Å². The number of esters is 1. The first kappa shape index (κ1) is 16.1. The zero-order chi connectivity index (χ0) is 13.6. The second-order valence-corrected chi connectivity index (χ2v) is 5.64. The van der Waals surface area contributed by atoms with Crippen molar-refractivity contribution in [3.63, 3.8) is 0 Å². The minimum absolute atomic E-state index is 0.0637. The summed E-state index contributed by atoms with van der Waals surface area (Å²) in [7, 11) is -0.514. The zero-order valence-electron chi connectivity index (χ0n) is 10.3. The van der Waals surface area contributed by atoms with Crippen molar-refractivity contribution in [1.29, 1.82) is 0 Å². The summed E-state index contributed by atoms with van der Waals surface area (Å²) < 4.78 is 34.8. The van der Waals surface area contributed by atoms with Gasteiger partial charge in [-0.25, -0.2) is 4.79 Å². The van der Waals surface area contributed by atoms with Gasteiger partial charge in [-0.15, -0.1) is 0 Å². The second kappa shape index (κ2) is 6.73. The highest BCUT2D eigenvalue weighted by molar-refractivity contribution is 7.85. The average molecular weight is 265 g/mol. The Hall–Kier alpha value is -0.920. The molecule has 0 amide bonds. The summed E-state index contributed by atoms with van der Waals surface area (Å²) in [5.74, 6) is -0.871.